The number of aliphatic carboxylic acids is 1. The number of urea groups is 1. The quantitative estimate of drug-likeness (QED) is 0.376. The van der Waals surface area contributed by atoms with Gasteiger partial charge in [0.1, 0.15) is 6.04 Å². The van der Waals surface area contributed by atoms with Crippen molar-refractivity contribution in [2.45, 2.75) is 36.1 Å². The Morgan fingerprint density at radius 2 is 1.55 bits per heavy atom. The van der Waals surface area contributed by atoms with Crippen LogP contribution in [0.5, 0.6) is 0 Å². The Balaban J connectivity index is 0.000000479. The number of nitrogens with zero attached hydrogens (tertiary/aromatic N) is 3. The van der Waals surface area contributed by atoms with Gasteiger partial charge in [0.05, 0.1) is 5.69 Å². The van der Waals surface area contributed by atoms with Crippen LogP contribution in [0.15, 0.2) is 53.7 Å². The molecule has 0 bridgehead atoms. The van der Waals surface area contributed by atoms with Crippen LogP contribution in [-0.2, 0) is 16.1 Å². The number of carboxylic acid groups (broad SMARTS) is 1. The van der Waals surface area contributed by atoms with E-state index in [4.69, 9.17) is 9.90 Å². The van der Waals surface area contributed by atoms with E-state index < -0.39 is 35.6 Å². The molecule has 33 heavy (non-hydrogen) atoms. The van der Waals surface area contributed by atoms with Gasteiger partial charge in [0, 0.05) is 23.8 Å². The molecule has 14 heteroatoms. The molecule has 3 amide bonds. The fourth-order valence-corrected chi connectivity index (χ4v) is 3.17. The lowest BCUT2D eigenvalue weighted by Gasteiger charge is -2.19. The molecule has 0 radical (unpaired) electrons. The van der Waals surface area contributed by atoms with Crippen LogP contribution in [0.1, 0.15) is 12.5 Å². The second-order valence-electron chi connectivity index (χ2n) is 6.46. The van der Waals surface area contributed by atoms with Crippen molar-refractivity contribution in [3.63, 3.8) is 0 Å². The number of benzene rings is 1. The smallest absolute Gasteiger partial charge is 0.475 e. The van der Waals surface area contributed by atoms with E-state index in [1.807, 2.05) is 0 Å². The number of halogens is 6. The van der Waals surface area contributed by atoms with Crippen LogP contribution < -0.4 is 4.90 Å². The molecule has 1 atom stereocenters. The van der Waals surface area contributed by atoms with E-state index >= 15 is 0 Å². The van der Waals surface area contributed by atoms with Gasteiger partial charge in [0.2, 0.25) is 0 Å². The Kier molecular flexibility index (Phi) is 7.95. The molecule has 2 aromatic rings. The first kappa shape index (κ1) is 26.0. The molecule has 0 aliphatic carbocycles. The lowest BCUT2D eigenvalue weighted by atomic mass is 10.2. The molecule has 7 nitrogen and oxygen atoms in total. The Bertz CT molecular complexity index is 999. The van der Waals surface area contributed by atoms with Gasteiger partial charge in [-0.2, -0.15) is 26.3 Å². The topological polar surface area (TPSA) is 90.8 Å². The summed E-state index contributed by atoms with van der Waals surface area (Å²) in [5.74, 6) is -3.17. The highest BCUT2D eigenvalue weighted by Crippen LogP contribution is 2.37. The van der Waals surface area contributed by atoms with Gasteiger partial charge in [-0.15, -0.1) is 0 Å². The summed E-state index contributed by atoms with van der Waals surface area (Å²) in [6, 6.07) is 7.48. The first-order chi connectivity index (χ1) is 15.2. The highest BCUT2D eigenvalue weighted by atomic mass is 32.2. The maximum absolute atomic E-state index is 12.7. The van der Waals surface area contributed by atoms with Crippen molar-refractivity contribution in [3.8, 4) is 0 Å². The highest BCUT2D eigenvalue weighted by molar-refractivity contribution is 8.00. The number of carboxylic acids is 1. The fourth-order valence-electron chi connectivity index (χ4n) is 2.63. The summed E-state index contributed by atoms with van der Waals surface area (Å²) in [6.45, 7) is 1.86. The Morgan fingerprint density at radius 1 is 1.03 bits per heavy atom. The Labute approximate surface area is 187 Å². The third-order valence-electron chi connectivity index (χ3n) is 4.16. The summed E-state index contributed by atoms with van der Waals surface area (Å²) >= 11 is -0.248. The molecule has 2 heterocycles. The predicted molar refractivity (Wildman–Crippen MR) is 104 cm³/mol. The zero-order valence-corrected chi connectivity index (χ0v) is 17.4. The van der Waals surface area contributed by atoms with Crippen molar-refractivity contribution >= 4 is 35.4 Å². The van der Waals surface area contributed by atoms with Gasteiger partial charge in [-0.25, -0.2) is 14.5 Å². The molecule has 1 aromatic heterocycles. The van der Waals surface area contributed by atoms with Crippen molar-refractivity contribution < 1.29 is 45.8 Å². The van der Waals surface area contributed by atoms with Crippen LogP contribution in [0.4, 0.5) is 36.8 Å². The minimum atomic E-state index is -5.08. The van der Waals surface area contributed by atoms with E-state index in [1.165, 1.54) is 29.2 Å². The molecule has 1 N–H and O–H groups in total. The number of aromatic nitrogens is 1. The summed E-state index contributed by atoms with van der Waals surface area (Å²) in [4.78, 5) is 40.4. The molecule has 1 aromatic carbocycles. The van der Waals surface area contributed by atoms with Gasteiger partial charge in [0.15, 0.2) is 0 Å². The second kappa shape index (κ2) is 10.1. The minimum absolute atomic E-state index is 0.0120. The maximum atomic E-state index is 12.7. The molecule has 3 rings (SSSR count). The maximum Gasteiger partial charge on any atom is 0.490 e. The van der Waals surface area contributed by atoms with Crippen molar-refractivity contribution in [2.75, 3.05) is 4.90 Å². The minimum Gasteiger partial charge on any atom is -0.475 e. The lowest BCUT2D eigenvalue weighted by Crippen LogP contribution is -2.33. The van der Waals surface area contributed by atoms with Crippen LogP contribution in [0.25, 0.3) is 0 Å². The number of hydrogen-bond donors (Lipinski definition) is 1. The lowest BCUT2D eigenvalue weighted by molar-refractivity contribution is -0.192. The summed E-state index contributed by atoms with van der Waals surface area (Å²) in [5.41, 5.74) is -3.32. The number of hydrogen-bond acceptors (Lipinski definition) is 5. The van der Waals surface area contributed by atoms with Crippen molar-refractivity contribution in [1.82, 2.24) is 9.88 Å². The first-order valence-electron chi connectivity index (χ1n) is 8.90. The van der Waals surface area contributed by atoms with Crippen LogP contribution in [0.3, 0.4) is 0 Å². The van der Waals surface area contributed by atoms with Crippen LogP contribution in [0, 0.1) is 0 Å². The predicted octanol–water partition coefficient (Wildman–Crippen LogP) is 4.68. The molecule has 0 unspecified atom stereocenters. The molecule has 1 fully saturated rings. The number of alkyl halides is 6. The fraction of sp³-hybridized carbons (Fsp3) is 0.263. The van der Waals surface area contributed by atoms with Crippen molar-refractivity contribution in [1.29, 1.82) is 0 Å². The van der Waals surface area contributed by atoms with E-state index in [0.29, 0.717) is 0 Å². The Hall–Kier alpha value is -3.29. The van der Waals surface area contributed by atoms with Gasteiger partial charge >= 0.3 is 23.7 Å². The van der Waals surface area contributed by atoms with Crippen molar-refractivity contribution in [3.05, 3.63) is 54.4 Å². The normalized spacial score (nSPS) is 16.5. The molecule has 1 saturated heterocycles. The molecule has 1 aliphatic rings. The summed E-state index contributed by atoms with van der Waals surface area (Å²) in [6.07, 6.45) is -1.89. The van der Waals surface area contributed by atoms with Crippen LogP contribution >= 0.6 is 11.8 Å². The van der Waals surface area contributed by atoms with E-state index in [-0.39, 0.29) is 28.9 Å². The van der Waals surface area contributed by atoms with E-state index in [9.17, 15) is 35.9 Å². The van der Waals surface area contributed by atoms with Gasteiger partial charge < -0.3 is 10.0 Å². The number of thioether (sulfide) groups is 1. The van der Waals surface area contributed by atoms with Crippen LogP contribution in [0.2, 0.25) is 0 Å². The highest BCUT2D eigenvalue weighted by Gasteiger charge is 2.43. The SMILES string of the molecule is C[C@@H]1C(=O)N(c2ccc(SC(F)(F)F)cc2)C(=O)N1Cc1ccncc1.O=C(O)C(F)(F)F. The molecule has 0 spiro atoms. The zero-order valence-electron chi connectivity index (χ0n) is 16.6. The van der Waals surface area contributed by atoms with E-state index in [1.54, 1.807) is 31.5 Å². The molecular weight excluding hydrogens is 480 g/mol. The second-order valence-corrected chi connectivity index (χ2v) is 7.60. The number of rotatable bonds is 4. The summed E-state index contributed by atoms with van der Waals surface area (Å²) in [7, 11) is 0. The van der Waals surface area contributed by atoms with Gasteiger partial charge in [-0.1, -0.05) is 0 Å². The first-order valence-corrected chi connectivity index (χ1v) is 9.71. The number of carbonyl (C=O) groups excluding carboxylic acids is 2. The third-order valence-corrected chi connectivity index (χ3v) is 4.89. The molecule has 0 saturated carbocycles. The average Bonchev–Trinajstić information content (AvgIpc) is 2.91. The monoisotopic (exact) mass is 495 g/mol. The molecule has 1 aliphatic heterocycles. The summed E-state index contributed by atoms with van der Waals surface area (Å²) in [5, 5.41) is 7.12. The van der Waals surface area contributed by atoms with Gasteiger partial charge in [-0.3, -0.25) is 9.78 Å². The molecular formula is C19H15F6N3O4S. The van der Waals surface area contributed by atoms with E-state index in [2.05, 4.69) is 4.98 Å². The number of imide groups is 1. The molecule has 178 valence electrons. The number of carbonyl (C=O) groups is 3. The number of anilines is 1. The Morgan fingerprint density at radius 3 is 2.00 bits per heavy atom. The third kappa shape index (κ3) is 7.10. The van der Waals surface area contributed by atoms with Crippen molar-refractivity contribution in [2.24, 2.45) is 0 Å². The van der Waals surface area contributed by atoms with Crippen LogP contribution in [-0.4, -0.2) is 50.6 Å². The number of pyridine rings is 1. The largest absolute Gasteiger partial charge is 0.490 e. The zero-order chi connectivity index (χ0) is 25.0. The number of amides is 3. The van der Waals surface area contributed by atoms with E-state index in [0.717, 1.165) is 10.5 Å². The van der Waals surface area contributed by atoms with Gasteiger partial charge in [-0.05, 0) is 60.6 Å². The van der Waals surface area contributed by atoms with Gasteiger partial charge in [0.25, 0.3) is 5.91 Å². The standard InChI is InChI=1S/C17H14F3N3O2S.C2HF3O2/c1-11-15(24)23(13-2-4-14(5-3-13)26-17(18,19)20)16(25)22(11)10-12-6-8-21-9-7-12;3-2(4,5)1(6)7/h2-9,11H,10H2,1H3;(H,6,7)/t11-;/m1./s1. The summed E-state index contributed by atoms with van der Waals surface area (Å²) < 4.78 is 69.0. The average molecular weight is 495 g/mol.